The van der Waals surface area contributed by atoms with E-state index < -0.39 is 0 Å². The maximum atomic E-state index is 5.98. The molecule has 1 fully saturated rings. The summed E-state index contributed by atoms with van der Waals surface area (Å²) in [6.07, 6.45) is 3.40. The van der Waals surface area contributed by atoms with Gasteiger partial charge in [-0.2, -0.15) is 5.10 Å². The van der Waals surface area contributed by atoms with E-state index in [0.717, 1.165) is 19.5 Å². The van der Waals surface area contributed by atoms with Gasteiger partial charge in [0.15, 0.2) is 0 Å². The quantitative estimate of drug-likeness (QED) is 0.827. The van der Waals surface area contributed by atoms with Gasteiger partial charge in [-0.1, -0.05) is 6.92 Å². The molecule has 0 spiro atoms. The number of rotatable bonds is 3. The maximum absolute atomic E-state index is 5.98. The monoisotopic (exact) mass is 222 g/mol. The molecule has 0 radical (unpaired) electrons. The third-order valence-electron chi connectivity index (χ3n) is 3.32. The predicted octanol–water partition coefficient (Wildman–Crippen LogP) is 0.906. The van der Waals surface area contributed by atoms with Gasteiger partial charge >= 0.3 is 0 Å². The Morgan fingerprint density at radius 1 is 1.56 bits per heavy atom. The highest BCUT2D eigenvalue weighted by Crippen LogP contribution is 2.13. The number of hydrogen-bond donors (Lipinski definition) is 1. The molecule has 1 saturated heterocycles. The van der Waals surface area contributed by atoms with E-state index >= 15 is 0 Å². The molecular formula is C12H22N4. The van der Waals surface area contributed by atoms with Crippen molar-refractivity contribution < 1.29 is 0 Å². The molecule has 1 aliphatic heterocycles. The van der Waals surface area contributed by atoms with Crippen LogP contribution >= 0.6 is 0 Å². The zero-order valence-electron chi connectivity index (χ0n) is 10.3. The van der Waals surface area contributed by atoms with Crippen LogP contribution in [0.3, 0.4) is 0 Å². The van der Waals surface area contributed by atoms with Gasteiger partial charge in [-0.3, -0.25) is 9.58 Å². The number of aryl methyl sites for hydroxylation is 2. The molecule has 4 nitrogen and oxygen atoms in total. The fraction of sp³-hybridized carbons (Fsp3) is 0.750. The fourth-order valence-electron chi connectivity index (χ4n) is 2.36. The van der Waals surface area contributed by atoms with Gasteiger partial charge in [-0.05, 0) is 31.9 Å². The summed E-state index contributed by atoms with van der Waals surface area (Å²) in [5.41, 5.74) is 8.46. The van der Waals surface area contributed by atoms with Gasteiger partial charge in [-0.25, -0.2) is 0 Å². The smallest absolute Gasteiger partial charge is 0.0625 e. The lowest BCUT2D eigenvalue weighted by atomic mass is 10.1. The van der Waals surface area contributed by atoms with Crippen LogP contribution in [0.4, 0.5) is 0 Å². The van der Waals surface area contributed by atoms with E-state index in [-0.39, 0.29) is 0 Å². The lowest BCUT2D eigenvalue weighted by Crippen LogP contribution is -2.42. The van der Waals surface area contributed by atoms with Crippen molar-refractivity contribution in [1.29, 1.82) is 0 Å². The molecular weight excluding hydrogens is 200 g/mol. The first-order chi connectivity index (χ1) is 7.69. The highest BCUT2D eigenvalue weighted by Gasteiger charge is 2.17. The Labute approximate surface area is 97.4 Å². The summed E-state index contributed by atoms with van der Waals surface area (Å²) < 4.78 is 2.00. The van der Waals surface area contributed by atoms with Gasteiger partial charge in [0.25, 0.3) is 0 Å². The number of nitrogens with two attached hydrogens (primary N) is 1. The predicted molar refractivity (Wildman–Crippen MR) is 65.1 cm³/mol. The van der Waals surface area contributed by atoms with E-state index in [1.165, 1.54) is 30.8 Å². The van der Waals surface area contributed by atoms with Crippen molar-refractivity contribution in [2.24, 2.45) is 12.8 Å². The normalized spacial score (nSPS) is 22.6. The minimum atomic E-state index is 0.354. The molecule has 1 atom stereocenters. The first-order valence-corrected chi connectivity index (χ1v) is 6.18. The SMILES string of the molecule is CCc1cc(CN2CCC[C@@H](N)C2)n(C)n1. The summed E-state index contributed by atoms with van der Waals surface area (Å²) in [7, 11) is 2.03. The highest BCUT2D eigenvalue weighted by atomic mass is 15.3. The van der Waals surface area contributed by atoms with Gasteiger partial charge in [0.2, 0.25) is 0 Å². The summed E-state index contributed by atoms with van der Waals surface area (Å²) in [5.74, 6) is 0. The first-order valence-electron chi connectivity index (χ1n) is 6.18. The summed E-state index contributed by atoms with van der Waals surface area (Å²) in [5, 5.41) is 4.47. The second kappa shape index (κ2) is 4.97. The van der Waals surface area contributed by atoms with Crippen molar-refractivity contribution >= 4 is 0 Å². The van der Waals surface area contributed by atoms with Gasteiger partial charge < -0.3 is 5.73 Å². The first kappa shape index (κ1) is 11.6. The number of nitrogens with zero attached hydrogens (tertiary/aromatic N) is 3. The van der Waals surface area contributed by atoms with Gasteiger partial charge in [0.1, 0.15) is 0 Å². The van der Waals surface area contributed by atoms with Gasteiger partial charge in [0, 0.05) is 26.2 Å². The van der Waals surface area contributed by atoms with Crippen LogP contribution in [0, 0.1) is 0 Å². The summed E-state index contributed by atoms with van der Waals surface area (Å²) in [4.78, 5) is 2.44. The Balaban J connectivity index is 1.99. The van der Waals surface area contributed by atoms with Crippen molar-refractivity contribution in [2.75, 3.05) is 13.1 Å². The van der Waals surface area contributed by atoms with E-state index in [4.69, 9.17) is 5.73 Å². The van der Waals surface area contributed by atoms with Crippen molar-refractivity contribution in [3.63, 3.8) is 0 Å². The Morgan fingerprint density at radius 3 is 3.00 bits per heavy atom. The van der Waals surface area contributed by atoms with E-state index in [0.29, 0.717) is 6.04 Å². The molecule has 0 amide bonds. The molecule has 2 rings (SSSR count). The number of hydrogen-bond acceptors (Lipinski definition) is 3. The molecule has 0 unspecified atom stereocenters. The zero-order valence-corrected chi connectivity index (χ0v) is 10.3. The van der Waals surface area contributed by atoms with Crippen molar-refractivity contribution in [2.45, 2.75) is 38.8 Å². The molecule has 2 N–H and O–H groups in total. The van der Waals surface area contributed by atoms with E-state index in [1.54, 1.807) is 0 Å². The summed E-state index contributed by atoms with van der Waals surface area (Å²) in [6, 6.07) is 2.56. The molecule has 0 saturated carbocycles. The molecule has 0 aromatic carbocycles. The number of likely N-dealkylation sites (tertiary alicyclic amines) is 1. The van der Waals surface area contributed by atoms with Crippen LogP contribution < -0.4 is 5.73 Å². The third-order valence-corrected chi connectivity index (χ3v) is 3.32. The van der Waals surface area contributed by atoms with E-state index in [2.05, 4.69) is 23.0 Å². The molecule has 1 aromatic heterocycles. The third kappa shape index (κ3) is 2.62. The topological polar surface area (TPSA) is 47.1 Å². The van der Waals surface area contributed by atoms with Crippen LogP contribution in [0.5, 0.6) is 0 Å². The van der Waals surface area contributed by atoms with E-state index in [1.807, 2.05) is 11.7 Å². The average Bonchev–Trinajstić information content (AvgIpc) is 2.60. The number of piperidine rings is 1. The van der Waals surface area contributed by atoms with Gasteiger partial charge in [0.05, 0.1) is 11.4 Å². The van der Waals surface area contributed by atoms with Gasteiger partial charge in [-0.15, -0.1) is 0 Å². The van der Waals surface area contributed by atoms with Crippen LogP contribution in [0.1, 0.15) is 31.2 Å². The summed E-state index contributed by atoms with van der Waals surface area (Å²) in [6.45, 7) is 5.31. The largest absolute Gasteiger partial charge is 0.327 e. The van der Waals surface area contributed by atoms with Crippen molar-refractivity contribution in [3.05, 3.63) is 17.5 Å². The molecule has 0 aliphatic carbocycles. The van der Waals surface area contributed by atoms with Crippen LogP contribution in [-0.4, -0.2) is 33.8 Å². The molecule has 16 heavy (non-hydrogen) atoms. The maximum Gasteiger partial charge on any atom is 0.0625 e. The second-order valence-corrected chi connectivity index (χ2v) is 4.74. The minimum Gasteiger partial charge on any atom is -0.327 e. The lowest BCUT2D eigenvalue weighted by molar-refractivity contribution is 0.197. The second-order valence-electron chi connectivity index (χ2n) is 4.74. The average molecular weight is 222 g/mol. The Morgan fingerprint density at radius 2 is 2.38 bits per heavy atom. The van der Waals surface area contributed by atoms with Crippen LogP contribution in [-0.2, 0) is 20.0 Å². The minimum absolute atomic E-state index is 0.354. The molecule has 2 heterocycles. The lowest BCUT2D eigenvalue weighted by Gasteiger charge is -2.30. The molecule has 90 valence electrons. The van der Waals surface area contributed by atoms with Crippen LogP contribution in [0.15, 0.2) is 6.07 Å². The fourth-order valence-corrected chi connectivity index (χ4v) is 2.36. The Bertz CT molecular complexity index is 345. The molecule has 0 bridgehead atoms. The number of aromatic nitrogens is 2. The highest BCUT2D eigenvalue weighted by molar-refractivity contribution is 5.10. The van der Waals surface area contributed by atoms with Crippen molar-refractivity contribution in [3.8, 4) is 0 Å². The zero-order chi connectivity index (χ0) is 11.5. The Hall–Kier alpha value is -0.870. The molecule has 1 aromatic rings. The van der Waals surface area contributed by atoms with E-state index in [9.17, 15) is 0 Å². The molecule has 4 heteroatoms. The molecule has 1 aliphatic rings. The Kier molecular flexibility index (Phi) is 3.61. The van der Waals surface area contributed by atoms with Crippen LogP contribution in [0.25, 0.3) is 0 Å². The van der Waals surface area contributed by atoms with Crippen LogP contribution in [0.2, 0.25) is 0 Å². The standard InChI is InChI=1S/C12H22N4/c1-3-11-7-12(15(2)14-11)9-16-6-4-5-10(13)8-16/h7,10H,3-6,8-9,13H2,1-2H3/t10-/m1/s1. The summed E-state index contributed by atoms with van der Waals surface area (Å²) >= 11 is 0. The van der Waals surface area contributed by atoms with Crippen molar-refractivity contribution in [1.82, 2.24) is 14.7 Å².